The summed E-state index contributed by atoms with van der Waals surface area (Å²) in [6.45, 7) is 7.96. The number of fused-ring (bicyclic) bond motifs is 2. The van der Waals surface area contributed by atoms with Gasteiger partial charge in [-0.05, 0) is 70.0 Å². The lowest BCUT2D eigenvalue weighted by Gasteiger charge is -2.22. The van der Waals surface area contributed by atoms with E-state index in [2.05, 4.69) is 20.6 Å². The van der Waals surface area contributed by atoms with Crippen molar-refractivity contribution in [3.05, 3.63) is 48.1 Å². The average molecular weight is 773 g/mol. The summed E-state index contributed by atoms with van der Waals surface area (Å²) < 4.78 is 60.3. The molecule has 1 aliphatic rings. The standard InChI is InChI=1S/C37H48N4O10S2/c1-37(2,3)53(44,45)35-20-28-29(41-26-5-6-34-31(19-26)40-24-52-34)7-8-38-30(28)21-33(35)51-16-15-49-12-11-47-9-10-48-13-14-50-23-27(42)17-25-18-32(39-22-25)36(43)46-4/h5-8,19-21,24-25,32,39H,9-18,22-23H2,1-4H3,(H,38,41)/t25-,32-/m0/s1. The Morgan fingerprint density at radius 3 is 2.30 bits per heavy atom. The van der Waals surface area contributed by atoms with Gasteiger partial charge in [0.25, 0.3) is 0 Å². The predicted octanol–water partition coefficient (Wildman–Crippen LogP) is 4.72. The number of ketones is 1. The van der Waals surface area contributed by atoms with Crippen molar-refractivity contribution in [2.75, 3.05) is 78.4 Å². The zero-order valence-corrected chi connectivity index (χ0v) is 32.2. The van der Waals surface area contributed by atoms with Crippen LogP contribution in [0, 0.1) is 5.92 Å². The molecular weight excluding hydrogens is 725 g/mol. The van der Waals surface area contributed by atoms with Crippen molar-refractivity contribution >= 4 is 65.4 Å². The maximum absolute atomic E-state index is 13.7. The van der Waals surface area contributed by atoms with Crippen molar-refractivity contribution in [2.24, 2.45) is 5.92 Å². The first-order chi connectivity index (χ1) is 25.5. The van der Waals surface area contributed by atoms with Crippen LogP contribution in [0.3, 0.4) is 0 Å². The van der Waals surface area contributed by atoms with Gasteiger partial charge in [0.2, 0.25) is 0 Å². The van der Waals surface area contributed by atoms with E-state index in [0.717, 1.165) is 15.9 Å². The molecule has 0 saturated carbocycles. The highest BCUT2D eigenvalue weighted by Crippen LogP contribution is 2.38. The second-order valence-corrected chi connectivity index (χ2v) is 17.1. The number of methoxy groups -OCH3 is 1. The lowest BCUT2D eigenvalue weighted by molar-refractivity contribution is -0.142. The van der Waals surface area contributed by atoms with Gasteiger partial charge in [0.05, 0.1) is 79.3 Å². The number of pyridine rings is 1. The molecule has 1 saturated heterocycles. The lowest BCUT2D eigenvalue weighted by Crippen LogP contribution is -2.31. The number of hydrogen-bond donors (Lipinski definition) is 2. The fourth-order valence-corrected chi connectivity index (χ4v) is 7.70. The van der Waals surface area contributed by atoms with E-state index in [0.29, 0.717) is 69.0 Å². The van der Waals surface area contributed by atoms with Crippen molar-refractivity contribution in [1.29, 1.82) is 0 Å². The zero-order valence-electron chi connectivity index (χ0n) is 30.6. The molecule has 2 aromatic carbocycles. The second kappa shape index (κ2) is 19.0. The summed E-state index contributed by atoms with van der Waals surface area (Å²) in [6, 6.07) is 10.7. The maximum Gasteiger partial charge on any atom is 0.322 e. The van der Waals surface area contributed by atoms with Gasteiger partial charge in [-0.2, -0.15) is 0 Å². The highest BCUT2D eigenvalue weighted by atomic mass is 32.2. The Kier molecular flexibility index (Phi) is 14.5. The van der Waals surface area contributed by atoms with Gasteiger partial charge in [0.15, 0.2) is 15.6 Å². The molecule has 0 spiro atoms. The van der Waals surface area contributed by atoms with Gasteiger partial charge in [0, 0.05) is 35.4 Å². The van der Waals surface area contributed by atoms with E-state index in [1.165, 1.54) is 7.11 Å². The number of esters is 1. The first-order valence-corrected chi connectivity index (χ1v) is 19.9. The van der Waals surface area contributed by atoms with Crippen LogP contribution in [0.5, 0.6) is 5.75 Å². The molecule has 0 amide bonds. The van der Waals surface area contributed by atoms with Crippen molar-refractivity contribution in [3.63, 3.8) is 0 Å². The minimum atomic E-state index is -3.79. The molecule has 0 bridgehead atoms. The fourth-order valence-electron chi connectivity index (χ4n) is 5.73. The summed E-state index contributed by atoms with van der Waals surface area (Å²) in [6.07, 6.45) is 2.61. The Balaban J connectivity index is 1.00. The second-order valence-electron chi connectivity index (χ2n) is 13.5. The van der Waals surface area contributed by atoms with E-state index in [1.807, 2.05) is 24.3 Å². The number of ether oxygens (including phenoxy) is 6. The molecule has 1 fully saturated rings. The summed E-state index contributed by atoms with van der Waals surface area (Å²) in [5.74, 6) is -0.000196. The molecule has 16 heteroatoms. The maximum atomic E-state index is 13.7. The van der Waals surface area contributed by atoms with Gasteiger partial charge in [-0.15, -0.1) is 11.3 Å². The van der Waals surface area contributed by atoms with Gasteiger partial charge < -0.3 is 39.1 Å². The molecule has 53 heavy (non-hydrogen) atoms. The van der Waals surface area contributed by atoms with Crippen LogP contribution in [0.4, 0.5) is 11.4 Å². The molecule has 14 nitrogen and oxygen atoms in total. The zero-order chi connectivity index (χ0) is 37.8. The monoisotopic (exact) mass is 772 g/mol. The van der Waals surface area contributed by atoms with E-state index in [9.17, 15) is 18.0 Å². The van der Waals surface area contributed by atoms with Crippen LogP contribution in [-0.2, 0) is 43.1 Å². The van der Waals surface area contributed by atoms with Gasteiger partial charge in [-0.25, -0.2) is 13.4 Å². The third kappa shape index (κ3) is 11.1. The smallest absolute Gasteiger partial charge is 0.322 e. The van der Waals surface area contributed by atoms with Crippen molar-refractivity contribution in [1.82, 2.24) is 15.3 Å². The normalized spacial score (nSPS) is 16.3. The Morgan fingerprint density at radius 2 is 1.60 bits per heavy atom. The molecule has 4 aromatic rings. The molecule has 1 aliphatic heterocycles. The number of rotatable bonds is 21. The number of carbonyl (C=O) groups excluding carboxylic acids is 2. The number of thiazole rings is 1. The molecule has 2 N–H and O–H groups in total. The van der Waals surface area contributed by atoms with Crippen molar-refractivity contribution < 1.29 is 46.4 Å². The summed E-state index contributed by atoms with van der Waals surface area (Å²) in [7, 11) is -2.44. The number of Topliss-reactive ketones (excluding diaryl/α,β-unsaturated/α-hetero) is 1. The summed E-state index contributed by atoms with van der Waals surface area (Å²) >= 11 is 1.57. The van der Waals surface area contributed by atoms with Crippen LogP contribution in [0.15, 0.2) is 53.0 Å². The first kappa shape index (κ1) is 40.4. The van der Waals surface area contributed by atoms with E-state index >= 15 is 0 Å². The molecule has 2 aromatic heterocycles. The number of nitrogens with zero attached hydrogens (tertiary/aromatic N) is 2. The molecule has 288 valence electrons. The number of sulfone groups is 1. The number of benzene rings is 2. The largest absolute Gasteiger partial charge is 0.490 e. The van der Waals surface area contributed by atoms with Crippen LogP contribution in [0.1, 0.15) is 33.6 Å². The quantitative estimate of drug-likeness (QED) is 0.0880. The highest BCUT2D eigenvalue weighted by Gasteiger charge is 2.34. The molecular formula is C37H48N4O10S2. The van der Waals surface area contributed by atoms with Crippen LogP contribution < -0.4 is 15.4 Å². The molecule has 2 atom stereocenters. The molecule has 3 heterocycles. The molecule has 0 radical (unpaired) electrons. The lowest BCUT2D eigenvalue weighted by atomic mass is 9.99. The topological polar surface area (TPSA) is 174 Å². The van der Waals surface area contributed by atoms with E-state index < -0.39 is 14.6 Å². The van der Waals surface area contributed by atoms with Crippen LogP contribution in [0.25, 0.3) is 21.1 Å². The average Bonchev–Trinajstić information content (AvgIpc) is 3.80. The van der Waals surface area contributed by atoms with Gasteiger partial charge in [-0.1, -0.05) is 0 Å². The molecule has 0 unspecified atom stereocenters. The van der Waals surface area contributed by atoms with Crippen LogP contribution >= 0.6 is 11.3 Å². The number of nitrogens with one attached hydrogen (secondary N) is 2. The third-order valence-electron chi connectivity index (χ3n) is 8.60. The number of anilines is 2. The Labute approximate surface area is 313 Å². The molecule has 0 aliphatic carbocycles. The third-order valence-corrected chi connectivity index (χ3v) is 11.9. The van der Waals surface area contributed by atoms with Crippen molar-refractivity contribution in [3.8, 4) is 5.75 Å². The molecule has 5 rings (SSSR count). The fraction of sp³-hybridized carbons (Fsp3) is 0.514. The Bertz CT molecular complexity index is 1950. The van der Waals surface area contributed by atoms with Crippen molar-refractivity contribution in [2.45, 2.75) is 49.3 Å². The minimum Gasteiger partial charge on any atom is -0.490 e. The van der Waals surface area contributed by atoms with E-state index in [4.69, 9.17) is 28.4 Å². The minimum absolute atomic E-state index is 0.00975. The van der Waals surface area contributed by atoms with Gasteiger partial charge in [-0.3, -0.25) is 14.6 Å². The van der Waals surface area contributed by atoms with E-state index in [1.54, 1.807) is 55.9 Å². The Morgan fingerprint density at radius 1 is 0.906 bits per heavy atom. The number of aromatic nitrogens is 2. The summed E-state index contributed by atoms with van der Waals surface area (Å²) in [5.41, 5.74) is 4.80. The summed E-state index contributed by atoms with van der Waals surface area (Å²) in [5, 5.41) is 7.12. The van der Waals surface area contributed by atoms with Crippen LogP contribution in [-0.4, -0.2) is 114 Å². The van der Waals surface area contributed by atoms with Gasteiger partial charge in [0.1, 0.15) is 29.9 Å². The first-order valence-electron chi connectivity index (χ1n) is 17.5. The Hall–Kier alpha value is -3.77. The summed E-state index contributed by atoms with van der Waals surface area (Å²) in [4.78, 5) is 32.7. The van der Waals surface area contributed by atoms with Gasteiger partial charge >= 0.3 is 5.97 Å². The SMILES string of the molecule is COC(=O)[C@@H]1C[C@H](CC(=O)COCCOCCOCCOCCOc2cc3nccc(Nc4ccc5scnc5c4)c3cc2S(=O)(=O)C(C)(C)C)CN1. The highest BCUT2D eigenvalue weighted by molar-refractivity contribution is 7.92. The van der Waals surface area contributed by atoms with Crippen LogP contribution in [0.2, 0.25) is 0 Å². The number of carbonyl (C=O) groups is 2. The predicted molar refractivity (Wildman–Crippen MR) is 202 cm³/mol. The van der Waals surface area contributed by atoms with E-state index in [-0.39, 0.29) is 60.8 Å². The number of hydrogen-bond acceptors (Lipinski definition) is 15.